The first kappa shape index (κ1) is 25.9. The summed E-state index contributed by atoms with van der Waals surface area (Å²) in [6, 6.07) is 0. The summed E-state index contributed by atoms with van der Waals surface area (Å²) in [5, 5.41) is 11.6. The second kappa shape index (κ2) is 21.2. The van der Waals surface area contributed by atoms with E-state index in [1.165, 1.54) is 77.0 Å². The number of carboxylic acids is 1. The maximum Gasteiger partial charge on any atom is 0.303 e. The van der Waals surface area contributed by atoms with Gasteiger partial charge in [-0.05, 0) is 19.3 Å². The van der Waals surface area contributed by atoms with Gasteiger partial charge in [0.25, 0.3) is 0 Å². The highest BCUT2D eigenvalue weighted by molar-refractivity contribution is 5.75. The summed E-state index contributed by atoms with van der Waals surface area (Å²) in [4.78, 5) is 22.2. The van der Waals surface area contributed by atoms with Crippen LogP contribution in [0.25, 0.3) is 0 Å². The van der Waals surface area contributed by atoms with Gasteiger partial charge in [0.2, 0.25) is 5.91 Å². The van der Waals surface area contributed by atoms with Crippen LogP contribution in [0, 0.1) is 0 Å². The number of rotatable bonds is 21. The molecule has 0 heterocycles. The average Bonchev–Trinajstić information content (AvgIpc) is 2.64. The van der Waals surface area contributed by atoms with Crippen LogP contribution in [0.5, 0.6) is 0 Å². The lowest BCUT2D eigenvalue weighted by Gasteiger charge is -2.06. The molecule has 0 aliphatic heterocycles. The normalized spacial score (nSPS) is 10.9. The van der Waals surface area contributed by atoms with Crippen molar-refractivity contribution in [2.75, 3.05) is 6.54 Å². The van der Waals surface area contributed by atoms with Crippen LogP contribution in [-0.4, -0.2) is 23.5 Å². The summed E-state index contributed by atoms with van der Waals surface area (Å²) < 4.78 is 0. The molecule has 27 heavy (non-hydrogen) atoms. The Bertz CT molecular complexity index is 345. The Morgan fingerprint density at radius 2 is 1.00 bits per heavy atom. The number of carbonyl (C=O) groups excluding carboxylic acids is 1. The number of aliphatic carboxylic acids is 1. The van der Waals surface area contributed by atoms with E-state index in [1.807, 2.05) is 0 Å². The van der Waals surface area contributed by atoms with Crippen molar-refractivity contribution in [3.05, 3.63) is 0 Å². The minimum absolute atomic E-state index is 0.219. The number of hydrogen-bond acceptors (Lipinski definition) is 2. The van der Waals surface area contributed by atoms with E-state index >= 15 is 0 Å². The van der Waals surface area contributed by atoms with Gasteiger partial charge >= 0.3 is 5.97 Å². The number of hydrogen-bond donors (Lipinski definition) is 2. The fourth-order valence-electron chi connectivity index (χ4n) is 3.37. The average molecular weight is 384 g/mol. The summed E-state index contributed by atoms with van der Waals surface area (Å²) >= 11 is 0. The molecule has 0 rings (SSSR count). The Morgan fingerprint density at radius 1 is 0.593 bits per heavy atom. The fraction of sp³-hybridized carbons (Fsp3) is 0.913. The lowest BCUT2D eigenvalue weighted by molar-refractivity contribution is -0.137. The molecule has 0 saturated heterocycles. The topological polar surface area (TPSA) is 66.4 Å². The largest absolute Gasteiger partial charge is 0.481 e. The fourth-order valence-corrected chi connectivity index (χ4v) is 3.37. The van der Waals surface area contributed by atoms with Gasteiger partial charge in [0.05, 0.1) is 0 Å². The molecule has 0 bridgehead atoms. The van der Waals surface area contributed by atoms with Gasteiger partial charge < -0.3 is 10.4 Å². The molecule has 0 aliphatic rings. The second-order valence-corrected chi connectivity index (χ2v) is 7.90. The second-order valence-electron chi connectivity index (χ2n) is 7.90. The van der Waals surface area contributed by atoms with E-state index in [2.05, 4.69) is 12.2 Å². The zero-order chi connectivity index (χ0) is 20.0. The molecule has 0 aromatic carbocycles. The molecule has 0 fully saturated rings. The molecule has 0 atom stereocenters. The Labute approximate surface area is 167 Å². The number of carbonyl (C=O) groups is 2. The number of carboxylic acid groups (broad SMARTS) is 1. The van der Waals surface area contributed by atoms with Gasteiger partial charge in [0.1, 0.15) is 0 Å². The minimum atomic E-state index is -0.685. The highest BCUT2D eigenvalue weighted by Crippen LogP contribution is 2.11. The zero-order valence-corrected chi connectivity index (χ0v) is 17.9. The summed E-state index contributed by atoms with van der Waals surface area (Å²) in [6.45, 7) is 3.07. The van der Waals surface area contributed by atoms with Crippen LogP contribution in [0.2, 0.25) is 0 Å². The third kappa shape index (κ3) is 22.9. The van der Waals surface area contributed by atoms with Gasteiger partial charge in [0, 0.05) is 19.4 Å². The molecule has 0 aliphatic carbocycles. The lowest BCUT2D eigenvalue weighted by Crippen LogP contribution is -2.23. The van der Waals surface area contributed by atoms with E-state index in [1.54, 1.807) is 0 Å². The van der Waals surface area contributed by atoms with Gasteiger partial charge in [-0.2, -0.15) is 0 Å². The SMILES string of the molecule is CCCCCCCCCCCC(=O)NCCCCCCCCCCC(=O)O. The third-order valence-electron chi connectivity index (χ3n) is 5.15. The number of unbranched alkanes of at least 4 members (excludes halogenated alkanes) is 15. The standard InChI is InChI=1S/C23H45NO3/c1-2-3-4-5-6-7-10-13-16-19-22(25)24-21-18-15-12-9-8-11-14-17-20-23(26)27/h2-21H2,1H3,(H,24,25)(H,26,27). The van der Waals surface area contributed by atoms with Gasteiger partial charge in [-0.3, -0.25) is 9.59 Å². The van der Waals surface area contributed by atoms with Crippen LogP contribution >= 0.6 is 0 Å². The Hall–Kier alpha value is -1.06. The molecule has 4 heteroatoms. The monoisotopic (exact) mass is 383 g/mol. The molecular formula is C23H45NO3. The third-order valence-corrected chi connectivity index (χ3v) is 5.15. The maximum atomic E-state index is 11.8. The predicted molar refractivity (Wildman–Crippen MR) is 114 cm³/mol. The molecule has 0 aromatic heterocycles. The molecule has 0 spiro atoms. The van der Waals surface area contributed by atoms with Crippen molar-refractivity contribution in [2.45, 2.75) is 129 Å². The summed E-state index contributed by atoms with van der Waals surface area (Å²) in [7, 11) is 0. The van der Waals surface area contributed by atoms with Crippen molar-refractivity contribution in [2.24, 2.45) is 0 Å². The van der Waals surface area contributed by atoms with Crippen LogP contribution in [0.4, 0.5) is 0 Å². The van der Waals surface area contributed by atoms with Gasteiger partial charge in [-0.15, -0.1) is 0 Å². The molecule has 1 amide bonds. The summed E-state index contributed by atoms with van der Waals surface area (Å²) in [6.07, 6.45) is 21.5. The van der Waals surface area contributed by atoms with Crippen LogP contribution < -0.4 is 5.32 Å². The first-order valence-electron chi connectivity index (χ1n) is 11.6. The molecule has 0 unspecified atom stereocenters. The van der Waals surface area contributed by atoms with Crippen LogP contribution in [0.15, 0.2) is 0 Å². The zero-order valence-electron chi connectivity index (χ0n) is 17.9. The van der Waals surface area contributed by atoms with Crippen molar-refractivity contribution in [3.8, 4) is 0 Å². The van der Waals surface area contributed by atoms with Crippen molar-refractivity contribution in [1.29, 1.82) is 0 Å². The molecule has 0 radical (unpaired) electrons. The highest BCUT2D eigenvalue weighted by atomic mass is 16.4. The first-order chi connectivity index (χ1) is 13.2. The molecule has 2 N–H and O–H groups in total. The summed E-state index contributed by atoms with van der Waals surface area (Å²) in [5.41, 5.74) is 0. The maximum absolute atomic E-state index is 11.8. The Morgan fingerprint density at radius 3 is 1.48 bits per heavy atom. The lowest BCUT2D eigenvalue weighted by atomic mass is 10.1. The molecule has 160 valence electrons. The van der Waals surface area contributed by atoms with Crippen LogP contribution in [0.3, 0.4) is 0 Å². The van der Waals surface area contributed by atoms with Crippen molar-refractivity contribution in [1.82, 2.24) is 5.32 Å². The Balaban J connectivity index is 3.16. The van der Waals surface area contributed by atoms with Gasteiger partial charge in [0.15, 0.2) is 0 Å². The molecular weight excluding hydrogens is 338 g/mol. The number of amides is 1. The van der Waals surface area contributed by atoms with E-state index in [0.717, 1.165) is 38.6 Å². The summed E-state index contributed by atoms with van der Waals surface area (Å²) in [5.74, 6) is -0.466. The quantitative estimate of drug-likeness (QED) is 0.219. The van der Waals surface area contributed by atoms with E-state index < -0.39 is 5.97 Å². The van der Waals surface area contributed by atoms with E-state index in [9.17, 15) is 9.59 Å². The first-order valence-corrected chi connectivity index (χ1v) is 11.6. The van der Waals surface area contributed by atoms with Crippen LogP contribution in [0.1, 0.15) is 129 Å². The van der Waals surface area contributed by atoms with E-state index in [4.69, 9.17) is 5.11 Å². The van der Waals surface area contributed by atoms with E-state index in [-0.39, 0.29) is 5.91 Å². The van der Waals surface area contributed by atoms with Crippen molar-refractivity contribution < 1.29 is 14.7 Å². The molecule has 4 nitrogen and oxygen atoms in total. The smallest absolute Gasteiger partial charge is 0.303 e. The molecule has 0 aromatic rings. The van der Waals surface area contributed by atoms with Crippen molar-refractivity contribution >= 4 is 11.9 Å². The van der Waals surface area contributed by atoms with Gasteiger partial charge in [-0.1, -0.05) is 96.8 Å². The van der Waals surface area contributed by atoms with Gasteiger partial charge in [-0.25, -0.2) is 0 Å². The highest BCUT2D eigenvalue weighted by Gasteiger charge is 2.01. The minimum Gasteiger partial charge on any atom is -0.481 e. The molecule has 0 saturated carbocycles. The van der Waals surface area contributed by atoms with Crippen LogP contribution in [-0.2, 0) is 9.59 Å². The van der Waals surface area contributed by atoms with E-state index in [0.29, 0.717) is 12.8 Å². The van der Waals surface area contributed by atoms with Crippen molar-refractivity contribution in [3.63, 3.8) is 0 Å². The Kier molecular flexibility index (Phi) is 20.4. The number of nitrogens with one attached hydrogen (secondary N) is 1. The predicted octanol–water partition coefficient (Wildman–Crippen LogP) is 6.62.